The highest BCUT2D eigenvalue weighted by molar-refractivity contribution is 7.92. The predicted molar refractivity (Wildman–Crippen MR) is 104 cm³/mol. The van der Waals surface area contributed by atoms with Gasteiger partial charge in [-0.15, -0.1) is 0 Å². The van der Waals surface area contributed by atoms with E-state index in [9.17, 15) is 13.2 Å². The second-order valence-electron chi connectivity index (χ2n) is 7.66. The predicted octanol–water partition coefficient (Wildman–Crippen LogP) is 3.33. The first kappa shape index (κ1) is 18.5. The van der Waals surface area contributed by atoms with Crippen LogP contribution in [0.1, 0.15) is 31.9 Å². The van der Waals surface area contributed by atoms with Crippen molar-refractivity contribution in [3.8, 4) is 0 Å². The fourth-order valence-electron chi connectivity index (χ4n) is 3.28. The van der Waals surface area contributed by atoms with E-state index in [0.717, 1.165) is 16.8 Å². The summed E-state index contributed by atoms with van der Waals surface area (Å²) in [6, 6.07) is 12.4. The van der Waals surface area contributed by atoms with Crippen LogP contribution in [0.25, 0.3) is 0 Å². The Hall–Kier alpha value is -2.34. The Morgan fingerprint density at radius 1 is 1.08 bits per heavy atom. The lowest BCUT2D eigenvalue weighted by Crippen LogP contribution is -2.29. The van der Waals surface area contributed by atoms with Crippen LogP contribution in [0.2, 0.25) is 0 Å². The molecule has 0 saturated carbocycles. The molecular formula is C20H24N2O3S. The fraction of sp³-hybridized carbons (Fsp3) is 0.350. The smallest absolute Gasteiger partial charge is 0.264 e. The number of fused-ring (bicyclic) bond motifs is 1. The highest BCUT2D eigenvalue weighted by Gasteiger charge is 2.30. The van der Waals surface area contributed by atoms with Crippen molar-refractivity contribution in [2.24, 2.45) is 0 Å². The number of nitrogens with zero attached hydrogens (tertiary/aromatic N) is 2. The van der Waals surface area contributed by atoms with Crippen LogP contribution in [-0.4, -0.2) is 28.4 Å². The van der Waals surface area contributed by atoms with Gasteiger partial charge in [-0.3, -0.25) is 9.10 Å². The van der Waals surface area contributed by atoms with Crippen LogP contribution in [0.15, 0.2) is 47.4 Å². The van der Waals surface area contributed by atoms with E-state index in [4.69, 9.17) is 0 Å². The van der Waals surface area contributed by atoms with Crippen LogP contribution in [-0.2, 0) is 26.7 Å². The summed E-state index contributed by atoms with van der Waals surface area (Å²) in [5, 5.41) is 0. The van der Waals surface area contributed by atoms with E-state index in [1.807, 2.05) is 24.3 Å². The van der Waals surface area contributed by atoms with Crippen LogP contribution in [0.5, 0.6) is 0 Å². The number of benzene rings is 2. The lowest BCUT2D eigenvalue weighted by Gasteiger charge is -2.28. The van der Waals surface area contributed by atoms with Gasteiger partial charge >= 0.3 is 0 Å². The molecule has 1 amide bonds. The van der Waals surface area contributed by atoms with Crippen LogP contribution >= 0.6 is 0 Å². The molecule has 1 aliphatic rings. The van der Waals surface area contributed by atoms with Gasteiger partial charge in [-0.1, -0.05) is 39.0 Å². The Kier molecular flexibility index (Phi) is 4.35. The molecule has 0 N–H and O–H groups in total. The molecule has 0 radical (unpaired) electrons. The van der Waals surface area contributed by atoms with Crippen molar-refractivity contribution in [3.63, 3.8) is 0 Å². The zero-order valence-electron chi connectivity index (χ0n) is 15.8. The summed E-state index contributed by atoms with van der Waals surface area (Å²) >= 11 is 0. The Morgan fingerprint density at radius 2 is 1.73 bits per heavy atom. The Bertz CT molecular complexity index is 975. The highest BCUT2D eigenvalue weighted by atomic mass is 32.2. The van der Waals surface area contributed by atoms with Crippen LogP contribution in [0, 0.1) is 0 Å². The highest BCUT2D eigenvalue weighted by Crippen LogP contribution is 2.35. The van der Waals surface area contributed by atoms with E-state index in [-0.39, 0.29) is 22.6 Å². The summed E-state index contributed by atoms with van der Waals surface area (Å²) in [6.45, 7) is 6.18. The SMILES string of the molecule is CN1C(=O)Cc2cc(S(=O)(=O)N(C)c3ccccc3C(C)(C)C)ccc21. The maximum atomic E-state index is 13.2. The van der Waals surface area contributed by atoms with Crippen molar-refractivity contribution >= 4 is 27.3 Å². The third kappa shape index (κ3) is 2.98. The van der Waals surface area contributed by atoms with E-state index in [1.54, 1.807) is 37.2 Å². The van der Waals surface area contributed by atoms with Gasteiger partial charge in [-0.2, -0.15) is 0 Å². The fourth-order valence-corrected chi connectivity index (χ4v) is 4.54. The van der Waals surface area contributed by atoms with E-state index >= 15 is 0 Å². The summed E-state index contributed by atoms with van der Waals surface area (Å²) in [4.78, 5) is 13.6. The lowest BCUT2D eigenvalue weighted by molar-refractivity contribution is -0.117. The first-order valence-electron chi connectivity index (χ1n) is 8.51. The molecule has 0 aliphatic carbocycles. The standard InChI is InChI=1S/C20H24N2O3S/c1-20(2,3)16-8-6-7-9-18(16)22(5)26(24,25)15-10-11-17-14(12-15)13-19(23)21(17)4/h6-12H,13H2,1-5H3. The minimum absolute atomic E-state index is 0.0269. The van der Waals surface area contributed by atoms with E-state index in [2.05, 4.69) is 20.8 Å². The topological polar surface area (TPSA) is 57.7 Å². The maximum absolute atomic E-state index is 13.2. The summed E-state index contributed by atoms with van der Waals surface area (Å²) in [6.07, 6.45) is 0.234. The van der Waals surface area contributed by atoms with Gasteiger partial charge in [-0.05, 0) is 40.8 Å². The van der Waals surface area contributed by atoms with E-state index in [0.29, 0.717) is 5.69 Å². The molecular weight excluding hydrogens is 348 g/mol. The summed E-state index contributed by atoms with van der Waals surface area (Å²) in [5.41, 5.74) is 2.95. The zero-order chi connectivity index (χ0) is 19.3. The molecule has 0 aromatic heterocycles. The quantitative estimate of drug-likeness (QED) is 0.830. The van der Waals surface area contributed by atoms with E-state index < -0.39 is 10.0 Å². The van der Waals surface area contributed by atoms with Crippen LogP contribution in [0.4, 0.5) is 11.4 Å². The van der Waals surface area contributed by atoms with Gasteiger partial charge in [0.05, 0.1) is 17.0 Å². The molecule has 1 aliphatic heterocycles. The van der Waals surface area contributed by atoms with Crippen LogP contribution in [0.3, 0.4) is 0 Å². The van der Waals surface area contributed by atoms with E-state index in [1.165, 1.54) is 4.31 Å². The number of carbonyl (C=O) groups excluding carboxylic acids is 1. The monoisotopic (exact) mass is 372 g/mol. The molecule has 0 unspecified atom stereocenters. The molecule has 3 rings (SSSR count). The number of amides is 1. The molecule has 0 atom stereocenters. The summed E-state index contributed by atoms with van der Waals surface area (Å²) in [7, 11) is -0.452. The molecule has 138 valence electrons. The average molecular weight is 372 g/mol. The number of carbonyl (C=O) groups is 1. The van der Waals surface area contributed by atoms with Crippen molar-refractivity contribution < 1.29 is 13.2 Å². The summed E-state index contributed by atoms with van der Waals surface area (Å²) in [5.74, 6) is -0.0269. The van der Waals surface area contributed by atoms with Gasteiger partial charge in [0, 0.05) is 19.8 Å². The first-order valence-corrected chi connectivity index (χ1v) is 9.95. The number of hydrogen-bond donors (Lipinski definition) is 0. The largest absolute Gasteiger partial charge is 0.315 e. The second kappa shape index (κ2) is 6.13. The van der Waals surface area contributed by atoms with Crippen LogP contribution < -0.4 is 9.21 Å². The molecule has 1 heterocycles. The first-order chi connectivity index (χ1) is 12.0. The maximum Gasteiger partial charge on any atom is 0.264 e. The normalized spacial score (nSPS) is 14.5. The van der Waals surface area contributed by atoms with Gasteiger partial charge < -0.3 is 4.90 Å². The number of para-hydroxylation sites is 1. The number of likely N-dealkylation sites (N-methyl/N-ethyl adjacent to an activating group) is 1. The number of rotatable bonds is 3. The molecule has 2 aromatic carbocycles. The minimum Gasteiger partial charge on any atom is -0.315 e. The molecule has 26 heavy (non-hydrogen) atoms. The molecule has 0 spiro atoms. The molecule has 6 heteroatoms. The van der Waals surface area contributed by atoms with Gasteiger partial charge in [0.25, 0.3) is 10.0 Å². The summed E-state index contributed by atoms with van der Waals surface area (Å²) < 4.78 is 27.7. The molecule has 5 nitrogen and oxygen atoms in total. The van der Waals surface area contributed by atoms with Gasteiger partial charge in [0.15, 0.2) is 0 Å². The number of anilines is 2. The lowest BCUT2D eigenvalue weighted by atomic mass is 9.86. The average Bonchev–Trinajstić information content (AvgIpc) is 2.87. The molecule has 0 bridgehead atoms. The van der Waals surface area contributed by atoms with Crippen molar-refractivity contribution in [1.82, 2.24) is 0 Å². The van der Waals surface area contributed by atoms with Gasteiger partial charge in [0.1, 0.15) is 0 Å². The number of hydrogen-bond acceptors (Lipinski definition) is 3. The molecule has 0 fully saturated rings. The second-order valence-corrected chi connectivity index (χ2v) is 9.63. The molecule has 2 aromatic rings. The van der Waals surface area contributed by atoms with Crippen molar-refractivity contribution in [2.45, 2.75) is 37.5 Å². The molecule has 0 saturated heterocycles. The Morgan fingerprint density at radius 3 is 2.38 bits per heavy atom. The Balaban J connectivity index is 2.05. The van der Waals surface area contributed by atoms with Crippen molar-refractivity contribution in [3.05, 3.63) is 53.6 Å². The number of sulfonamides is 1. The Labute approximate surface area is 155 Å². The zero-order valence-corrected chi connectivity index (χ0v) is 16.6. The van der Waals surface area contributed by atoms with Gasteiger partial charge in [-0.25, -0.2) is 8.42 Å². The minimum atomic E-state index is -3.73. The van der Waals surface area contributed by atoms with Crippen molar-refractivity contribution in [2.75, 3.05) is 23.3 Å². The third-order valence-electron chi connectivity index (χ3n) is 4.84. The van der Waals surface area contributed by atoms with Crippen molar-refractivity contribution in [1.29, 1.82) is 0 Å². The third-order valence-corrected chi connectivity index (χ3v) is 6.61. The van der Waals surface area contributed by atoms with Gasteiger partial charge in [0.2, 0.25) is 5.91 Å².